The molecule has 0 heterocycles. The van der Waals surface area contributed by atoms with Gasteiger partial charge in [-0.1, -0.05) is 18.2 Å². The Bertz CT molecular complexity index is 640. The number of ether oxygens (including phenoxy) is 2. The fraction of sp³-hybridized carbons (Fsp3) is 0.278. The highest BCUT2D eigenvalue weighted by Crippen LogP contribution is 2.15. The molecule has 4 heteroatoms. The smallest absolute Gasteiger partial charge is 0.253 e. The maximum atomic E-state index is 12.3. The quantitative estimate of drug-likeness (QED) is 0.822. The monoisotopic (exact) mass is 299 g/mol. The van der Waals surface area contributed by atoms with Crippen molar-refractivity contribution in [2.24, 2.45) is 0 Å². The predicted octanol–water partition coefficient (Wildman–Crippen LogP) is 3.15. The molecule has 22 heavy (non-hydrogen) atoms. The minimum absolute atomic E-state index is 0.0493. The summed E-state index contributed by atoms with van der Waals surface area (Å²) in [6, 6.07) is 15.0. The first-order chi connectivity index (χ1) is 10.6. The van der Waals surface area contributed by atoms with E-state index in [9.17, 15) is 4.79 Å². The van der Waals surface area contributed by atoms with Crippen molar-refractivity contribution in [3.63, 3.8) is 0 Å². The van der Waals surface area contributed by atoms with Gasteiger partial charge in [0.05, 0.1) is 13.7 Å². The van der Waals surface area contributed by atoms with Gasteiger partial charge < -0.3 is 14.4 Å². The van der Waals surface area contributed by atoms with Crippen molar-refractivity contribution in [1.29, 1.82) is 0 Å². The second-order valence-electron chi connectivity index (χ2n) is 5.12. The molecule has 0 saturated carbocycles. The fourth-order valence-corrected chi connectivity index (χ4v) is 2.08. The number of amides is 1. The van der Waals surface area contributed by atoms with Crippen molar-refractivity contribution in [2.75, 3.05) is 27.3 Å². The van der Waals surface area contributed by atoms with Gasteiger partial charge >= 0.3 is 0 Å². The third-order valence-electron chi connectivity index (χ3n) is 3.35. The zero-order valence-electron chi connectivity index (χ0n) is 13.2. The molecule has 0 bridgehead atoms. The number of methoxy groups -OCH3 is 1. The lowest BCUT2D eigenvalue weighted by molar-refractivity contribution is 0.0773. The van der Waals surface area contributed by atoms with Crippen LogP contribution in [0.2, 0.25) is 0 Å². The Balaban J connectivity index is 1.88. The lowest BCUT2D eigenvalue weighted by atomic mass is 10.2. The number of nitrogens with zero attached hydrogens (tertiary/aromatic N) is 1. The Morgan fingerprint density at radius 2 is 1.82 bits per heavy atom. The first-order valence-corrected chi connectivity index (χ1v) is 7.19. The molecule has 0 radical (unpaired) electrons. The molecule has 0 aliphatic rings. The van der Waals surface area contributed by atoms with E-state index in [1.165, 1.54) is 0 Å². The van der Waals surface area contributed by atoms with E-state index >= 15 is 0 Å². The molecule has 2 aromatic carbocycles. The molecule has 0 N–H and O–H groups in total. The average Bonchev–Trinajstić information content (AvgIpc) is 2.54. The number of likely N-dealkylation sites (N-methyl/N-ethyl adjacent to an activating group) is 1. The second-order valence-corrected chi connectivity index (χ2v) is 5.12. The lowest BCUT2D eigenvalue weighted by Gasteiger charge is -2.18. The van der Waals surface area contributed by atoms with Gasteiger partial charge in [-0.25, -0.2) is 0 Å². The Kier molecular flexibility index (Phi) is 5.42. The summed E-state index contributed by atoms with van der Waals surface area (Å²) in [5, 5.41) is 0. The zero-order chi connectivity index (χ0) is 15.9. The molecule has 116 valence electrons. The third-order valence-corrected chi connectivity index (χ3v) is 3.35. The van der Waals surface area contributed by atoms with Crippen LogP contribution in [-0.2, 0) is 0 Å². The van der Waals surface area contributed by atoms with Crippen LogP contribution >= 0.6 is 0 Å². The lowest BCUT2D eigenvalue weighted by Crippen LogP contribution is -2.30. The van der Waals surface area contributed by atoms with E-state index in [1.807, 2.05) is 43.3 Å². The van der Waals surface area contributed by atoms with Crippen LogP contribution in [0.5, 0.6) is 11.5 Å². The summed E-state index contributed by atoms with van der Waals surface area (Å²) in [6.07, 6.45) is 0. The minimum Gasteiger partial charge on any atom is -0.497 e. The molecule has 0 saturated heterocycles. The maximum Gasteiger partial charge on any atom is 0.253 e. The first kappa shape index (κ1) is 15.9. The number of hydrogen-bond acceptors (Lipinski definition) is 3. The van der Waals surface area contributed by atoms with E-state index in [1.54, 1.807) is 31.2 Å². The van der Waals surface area contributed by atoms with Crippen molar-refractivity contribution >= 4 is 5.91 Å². The molecule has 2 aromatic rings. The molecule has 0 fully saturated rings. The normalized spacial score (nSPS) is 10.1. The van der Waals surface area contributed by atoms with Gasteiger partial charge in [0.2, 0.25) is 0 Å². The van der Waals surface area contributed by atoms with Crippen LogP contribution < -0.4 is 9.47 Å². The van der Waals surface area contributed by atoms with Gasteiger partial charge in [0, 0.05) is 12.6 Å². The topological polar surface area (TPSA) is 38.8 Å². The van der Waals surface area contributed by atoms with Crippen LogP contribution in [0.3, 0.4) is 0 Å². The Morgan fingerprint density at radius 1 is 1.09 bits per heavy atom. The molecule has 1 amide bonds. The highest BCUT2D eigenvalue weighted by molar-refractivity contribution is 5.94. The highest BCUT2D eigenvalue weighted by Gasteiger charge is 2.12. The summed E-state index contributed by atoms with van der Waals surface area (Å²) < 4.78 is 10.8. The van der Waals surface area contributed by atoms with Crippen LogP contribution in [0.4, 0.5) is 0 Å². The summed E-state index contributed by atoms with van der Waals surface area (Å²) >= 11 is 0. The summed E-state index contributed by atoms with van der Waals surface area (Å²) in [5.74, 6) is 1.45. The average molecular weight is 299 g/mol. The van der Waals surface area contributed by atoms with Gasteiger partial charge in [0.1, 0.15) is 18.1 Å². The van der Waals surface area contributed by atoms with Crippen molar-refractivity contribution in [3.05, 3.63) is 59.7 Å². The molecule has 0 aromatic heterocycles. The second kappa shape index (κ2) is 7.50. The molecular weight excluding hydrogens is 278 g/mol. The first-order valence-electron chi connectivity index (χ1n) is 7.19. The molecule has 0 aliphatic carbocycles. The predicted molar refractivity (Wildman–Crippen MR) is 86.6 cm³/mol. The number of carbonyl (C=O) groups is 1. The van der Waals surface area contributed by atoms with Crippen molar-refractivity contribution in [2.45, 2.75) is 6.92 Å². The van der Waals surface area contributed by atoms with Gasteiger partial charge in [-0.2, -0.15) is 0 Å². The Labute approximate surface area is 131 Å². The van der Waals surface area contributed by atoms with Crippen molar-refractivity contribution in [1.82, 2.24) is 4.90 Å². The third kappa shape index (κ3) is 4.25. The number of carbonyl (C=O) groups excluding carboxylic acids is 1. The minimum atomic E-state index is -0.0493. The molecule has 4 nitrogen and oxygen atoms in total. The summed E-state index contributed by atoms with van der Waals surface area (Å²) in [7, 11) is 3.35. The van der Waals surface area contributed by atoms with Crippen LogP contribution in [-0.4, -0.2) is 38.1 Å². The maximum absolute atomic E-state index is 12.3. The van der Waals surface area contributed by atoms with E-state index in [-0.39, 0.29) is 5.91 Å². The van der Waals surface area contributed by atoms with Crippen LogP contribution in [0, 0.1) is 6.92 Å². The van der Waals surface area contributed by atoms with Crippen molar-refractivity contribution in [3.8, 4) is 11.5 Å². The molecule has 2 rings (SSSR count). The van der Waals surface area contributed by atoms with Gasteiger partial charge in [-0.15, -0.1) is 0 Å². The molecule has 0 aliphatic heterocycles. The van der Waals surface area contributed by atoms with Gasteiger partial charge in [0.25, 0.3) is 5.91 Å². The summed E-state index contributed by atoms with van der Waals surface area (Å²) in [6.45, 7) is 2.99. The number of benzene rings is 2. The summed E-state index contributed by atoms with van der Waals surface area (Å²) in [4.78, 5) is 14.0. The van der Waals surface area contributed by atoms with Crippen LogP contribution in [0.15, 0.2) is 48.5 Å². The molecule has 0 spiro atoms. The fourth-order valence-electron chi connectivity index (χ4n) is 2.08. The molecule has 0 atom stereocenters. The van der Waals surface area contributed by atoms with Crippen molar-refractivity contribution < 1.29 is 14.3 Å². The van der Waals surface area contributed by atoms with Crippen LogP contribution in [0.25, 0.3) is 0 Å². The summed E-state index contributed by atoms with van der Waals surface area (Å²) in [5.41, 5.74) is 1.76. The Hall–Kier alpha value is -2.49. The van der Waals surface area contributed by atoms with Crippen LogP contribution in [0.1, 0.15) is 15.9 Å². The van der Waals surface area contributed by atoms with E-state index < -0.39 is 0 Å². The van der Waals surface area contributed by atoms with E-state index in [0.29, 0.717) is 24.5 Å². The zero-order valence-corrected chi connectivity index (χ0v) is 13.2. The van der Waals surface area contributed by atoms with E-state index in [2.05, 4.69) is 0 Å². The number of hydrogen-bond donors (Lipinski definition) is 0. The van der Waals surface area contributed by atoms with E-state index in [4.69, 9.17) is 9.47 Å². The standard InChI is InChI=1S/C18H21NO3/c1-14-6-4-9-17(12-14)22-11-10-19(2)18(20)15-7-5-8-16(13-15)21-3/h4-9,12-13H,10-11H2,1-3H3. The van der Waals surface area contributed by atoms with Gasteiger partial charge in [-0.05, 0) is 42.8 Å². The molecular formula is C18H21NO3. The molecule has 0 unspecified atom stereocenters. The van der Waals surface area contributed by atoms with E-state index in [0.717, 1.165) is 11.3 Å². The SMILES string of the molecule is COc1cccc(C(=O)N(C)CCOc2cccc(C)c2)c1. The van der Waals surface area contributed by atoms with Gasteiger partial charge in [0.15, 0.2) is 0 Å². The largest absolute Gasteiger partial charge is 0.497 e. The Morgan fingerprint density at radius 3 is 2.55 bits per heavy atom. The highest BCUT2D eigenvalue weighted by atomic mass is 16.5. The number of rotatable bonds is 6. The number of aryl methyl sites for hydroxylation is 1. The van der Waals surface area contributed by atoms with Gasteiger partial charge in [-0.3, -0.25) is 4.79 Å².